The van der Waals surface area contributed by atoms with E-state index >= 15 is 0 Å². The molecule has 98 valence electrons. The lowest BCUT2D eigenvalue weighted by Crippen LogP contribution is -2.39. The molecule has 2 heterocycles. The minimum absolute atomic E-state index is 0.180. The maximum Gasteiger partial charge on any atom is 0.227 e. The Morgan fingerprint density at radius 2 is 2.06 bits per heavy atom. The van der Waals surface area contributed by atoms with Crippen molar-refractivity contribution in [3.05, 3.63) is 0 Å². The fourth-order valence-corrected chi connectivity index (χ4v) is 2.83. The minimum atomic E-state index is 0.180. The summed E-state index contributed by atoms with van der Waals surface area (Å²) < 4.78 is 5.35. The average molecular weight is 240 g/mol. The van der Waals surface area contributed by atoms with Gasteiger partial charge in [-0.15, -0.1) is 0 Å². The second-order valence-electron chi connectivity index (χ2n) is 5.52. The van der Waals surface area contributed by atoms with Crippen molar-refractivity contribution in [1.29, 1.82) is 0 Å². The van der Waals surface area contributed by atoms with Gasteiger partial charge in [-0.2, -0.15) is 0 Å². The van der Waals surface area contributed by atoms with Crippen LogP contribution in [0.3, 0.4) is 0 Å². The molecule has 17 heavy (non-hydrogen) atoms. The molecule has 0 spiro atoms. The Labute approximate surface area is 104 Å². The maximum atomic E-state index is 12.3. The van der Waals surface area contributed by atoms with Gasteiger partial charge in [0.25, 0.3) is 0 Å². The average Bonchev–Trinajstić information content (AvgIpc) is 2.76. The molecule has 2 unspecified atom stereocenters. The van der Waals surface area contributed by atoms with Gasteiger partial charge < -0.3 is 15.0 Å². The van der Waals surface area contributed by atoms with Crippen LogP contribution in [0, 0.1) is 17.8 Å². The largest absolute Gasteiger partial charge is 0.381 e. The fourth-order valence-electron chi connectivity index (χ4n) is 2.83. The Morgan fingerprint density at radius 3 is 2.65 bits per heavy atom. The van der Waals surface area contributed by atoms with Crippen molar-refractivity contribution in [3.63, 3.8) is 0 Å². The highest BCUT2D eigenvalue weighted by Gasteiger charge is 2.32. The molecule has 0 bridgehead atoms. The summed E-state index contributed by atoms with van der Waals surface area (Å²) in [5.74, 6) is 1.59. The van der Waals surface area contributed by atoms with E-state index in [9.17, 15) is 4.79 Å². The van der Waals surface area contributed by atoms with Gasteiger partial charge in [0.15, 0.2) is 0 Å². The summed E-state index contributed by atoms with van der Waals surface area (Å²) in [6.07, 6.45) is 2.19. The SMILES string of the molecule is CC1CNCC1C(=O)N(C)CC1CCOCC1. The number of rotatable bonds is 3. The monoisotopic (exact) mass is 240 g/mol. The quantitative estimate of drug-likeness (QED) is 0.790. The molecule has 0 aromatic heterocycles. The normalized spacial score (nSPS) is 30.5. The molecule has 4 heteroatoms. The zero-order valence-corrected chi connectivity index (χ0v) is 10.9. The van der Waals surface area contributed by atoms with Crippen LogP contribution in [0.2, 0.25) is 0 Å². The molecule has 1 N–H and O–H groups in total. The Hall–Kier alpha value is -0.610. The second-order valence-corrected chi connectivity index (χ2v) is 5.52. The van der Waals surface area contributed by atoms with Crippen LogP contribution in [0.4, 0.5) is 0 Å². The molecule has 2 aliphatic heterocycles. The Morgan fingerprint density at radius 1 is 1.35 bits per heavy atom. The Bertz CT molecular complexity index is 264. The van der Waals surface area contributed by atoms with Gasteiger partial charge in [-0.05, 0) is 31.2 Å². The summed E-state index contributed by atoms with van der Waals surface area (Å²) in [7, 11) is 1.95. The summed E-state index contributed by atoms with van der Waals surface area (Å²) in [6, 6.07) is 0. The zero-order valence-electron chi connectivity index (χ0n) is 10.9. The van der Waals surface area contributed by atoms with Gasteiger partial charge in [0.1, 0.15) is 0 Å². The van der Waals surface area contributed by atoms with Crippen LogP contribution >= 0.6 is 0 Å². The predicted molar refractivity (Wildman–Crippen MR) is 66.7 cm³/mol. The van der Waals surface area contributed by atoms with Gasteiger partial charge in [-0.1, -0.05) is 6.92 Å². The summed E-state index contributed by atoms with van der Waals surface area (Å²) in [5.41, 5.74) is 0. The number of hydrogen-bond donors (Lipinski definition) is 1. The zero-order chi connectivity index (χ0) is 12.3. The third kappa shape index (κ3) is 3.19. The molecule has 2 rings (SSSR count). The van der Waals surface area contributed by atoms with Gasteiger partial charge >= 0.3 is 0 Å². The summed E-state index contributed by atoms with van der Waals surface area (Å²) >= 11 is 0. The van der Waals surface area contributed by atoms with Gasteiger partial charge in [-0.25, -0.2) is 0 Å². The number of ether oxygens (including phenoxy) is 1. The lowest BCUT2D eigenvalue weighted by molar-refractivity contribution is -0.135. The van der Waals surface area contributed by atoms with E-state index in [1.165, 1.54) is 0 Å². The van der Waals surface area contributed by atoms with Gasteiger partial charge in [0, 0.05) is 33.4 Å². The van der Waals surface area contributed by atoms with E-state index in [2.05, 4.69) is 12.2 Å². The van der Waals surface area contributed by atoms with E-state index in [0.717, 1.165) is 45.7 Å². The highest BCUT2D eigenvalue weighted by molar-refractivity contribution is 5.79. The van der Waals surface area contributed by atoms with Crippen LogP contribution in [-0.4, -0.2) is 50.7 Å². The first-order chi connectivity index (χ1) is 8.18. The van der Waals surface area contributed by atoms with E-state index < -0.39 is 0 Å². The van der Waals surface area contributed by atoms with Crippen molar-refractivity contribution in [2.75, 3.05) is 39.9 Å². The van der Waals surface area contributed by atoms with Gasteiger partial charge in [0.2, 0.25) is 5.91 Å². The molecule has 0 aromatic rings. The van der Waals surface area contributed by atoms with Crippen molar-refractivity contribution in [2.45, 2.75) is 19.8 Å². The number of amides is 1. The molecule has 0 aromatic carbocycles. The minimum Gasteiger partial charge on any atom is -0.381 e. The summed E-state index contributed by atoms with van der Waals surface area (Å²) in [5, 5.41) is 3.29. The van der Waals surface area contributed by atoms with Crippen molar-refractivity contribution in [3.8, 4) is 0 Å². The third-order valence-corrected chi connectivity index (χ3v) is 4.08. The van der Waals surface area contributed by atoms with Crippen LogP contribution in [-0.2, 0) is 9.53 Å². The third-order valence-electron chi connectivity index (χ3n) is 4.08. The lowest BCUT2D eigenvalue weighted by atomic mass is 9.95. The van der Waals surface area contributed by atoms with Crippen LogP contribution in [0.5, 0.6) is 0 Å². The van der Waals surface area contributed by atoms with Crippen molar-refractivity contribution >= 4 is 5.91 Å². The fraction of sp³-hybridized carbons (Fsp3) is 0.923. The van der Waals surface area contributed by atoms with E-state index in [1.807, 2.05) is 11.9 Å². The van der Waals surface area contributed by atoms with Crippen molar-refractivity contribution in [1.82, 2.24) is 10.2 Å². The molecule has 4 nitrogen and oxygen atoms in total. The molecular formula is C13H24N2O2. The van der Waals surface area contributed by atoms with Crippen LogP contribution in [0.25, 0.3) is 0 Å². The topological polar surface area (TPSA) is 41.6 Å². The first-order valence-electron chi connectivity index (χ1n) is 6.72. The molecule has 2 aliphatic rings. The number of nitrogens with one attached hydrogen (secondary N) is 1. The maximum absolute atomic E-state index is 12.3. The molecular weight excluding hydrogens is 216 g/mol. The van der Waals surface area contributed by atoms with E-state index in [0.29, 0.717) is 17.7 Å². The number of carbonyl (C=O) groups excluding carboxylic acids is 1. The number of carbonyl (C=O) groups is 1. The molecule has 0 radical (unpaired) electrons. The smallest absolute Gasteiger partial charge is 0.227 e. The standard InChI is InChI=1S/C13H24N2O2/c1-10-7-14-8-12(10)13(16)15(2)9-11-3-5-17-6-4-11/h10-12,14H,3-9H2,1-2H3. The van der Waals surface area contributed by atoms with Gasteiger partial charge in [-0.3, -0.25) is 4.79 Å². The molecule has 2 saturated heterocycles. The first kappa shape index (κ1) is 12.8. The highest BCUT2D eigenvalue weighted by atomic mass is 16.5. The highest BCUT2D eigenvalue weighted by Crippen LogP contribution is 2.20. The molecule has 0 saturated carbocycles. The van der Waals surface area contributed by atoms with E-state index in [4.69, 9.17) is 4.74 Å². The molecule has 2 atom stereocenters. The van der Waals surface area contributed by atoms with Crippen LogP contribution in [0.1, 0.15) is 19.8 Å². The molecule has 2 fully saturated rings. The first-order valence-corrected chi connectivity index (χ1v) is 6.72. The van der Waals surface area contributed by atoms with Gasteiger partial charge in [0.05, 0.1) is 5.92 Å². The Kier molecular flexibility index (Phi) is 4.40. The number of nitrogens with zero attached hydrogens (tertiary/aromatic N) is 1. The summed E-state index contributed by atoms with van der Waals surface area (Å²) in [4.78, 5) is 14.2. The predicted octanol–water partition coefficient (Wildman–Crippen LogP) is 0.727. The van der Waals surface area contributed by atoms with Crippen molar-refractivity contribution < 1.29 is 9.53 Å². The second kappa shape index (κ2) is 5.83. The molecule has 0 aliphatic carbocycles. The van der Waals surface area contributed by atoms with Crippen LogP contribution in [0.15, 0.2) is 0 Å². The van der Waals surface area contributed by atoms with E-state index in [-0.39, 0.29) is 5.92 Å². The van der Waals surface area contributed by atoms with E-state index in [1.54, 1.807) is 0 Å². The number of hydrogen-bond acceptors (Lipinski definition) is 3. The molecule has 1 amide bonds. The Balaban J connectivity index is 1.81. The lowest BCUT2D eigenvalue weighted by Gasteiger charge is -2.29. The van der Waals surface area contributed by atoms with Crippen molar-refractivity contribution in [2.24, 2.45) is 17.8 Å². The summed E-state index contributed by atoms with van der Waals surface area (Å²) in [6.45, 7) is 6.58. The van der Waals surface area contributed by atoms with Crippen LogP contribution < -0.4 is 5.32 Å².